The predicted octanol–water partition coefficient (Wildman–Crippen LogP) is 1.94. The van der Waals surface area contributed by atoms with Crippen LogP contribution in [0.5, 0.6) is 0 Å². The summed E-state index contributed by atoms with van der Waals surface area (Å²) in [6.45, 7) is 1.73. The fraction of sp³-hybridized carbons (Fsp3) is 0.214. The molecular formula is C14H16N2O3S. The summed E-state index contributed by atoms with van der Waals surface area (Å²) in [4.78, 5) is 4.11. The first kappa shape index (κ1) is 14.5. The van der Waals surface area contributed by atoms with Gasteiger partial charge in [0.25, 0.3) is 10.0 Å². The van der Waals surface area contributed by atoms with Crippen molar-refractivity contribution in [1.82, 2.24) is 4.98 Å². The van der Waals surface area contributed by atoms with Crippen LogP contribution in [0, 0.1) is 0 Å². The van der Waals surface area contributed by atoms with Crippen LogP contribution in [0.1, 0.15) is 18.1 Å². The van der Waals surface area contributed by atoms with Crippen LogP contribution in [0.15, 0.2) is 47.5 Å². The van der Waals surface area contributed by atoms with E-state index in [2.05, 4.69) is 9.71 Å². The molecule has 0 saturated heterocycles. The molecule has 2 aromatic rings. The van der Waals surface area contributed by atoms with E-state index < -0.39 is 10.0 Å². The molecule has 0 saturated carbocycles. The van der Waals surface area contributed by atoms with Gasteiger partial charge in [-0.2, -0.15) is 0 Å². The van der Waals surface area contributed by atoms with Crippen molar-refractivity contribution in [3.8, 4) is 0 Å². The zero-order chi connectivity index (χ0) is 14.6. The number of benzene rings is 1. The second kappa shape index (κ2) is 6.02. The van der Waals surface area contributed by atoms with Gasteiger partial charge in [-0.25, -0.2) is 13.4 Å². The van der Waals surface area contributed by atoms with E-state index in [1.807, 2.05) is 6.92 Å². The highest BCUT2D eigenvalue weighted by molar-refractivity contribution is 7.92. The lowest BCUT2D eigenvalue weighted by atomic mass is 10.2. The van der Waals surface area contributed by atoms with Crippen LogP contribution in [0.4, 0.5) is 5.82 Å². The molecule has 0 aliphatic rings. The van der Waals surface area contributed by atoms with Crippen LogP contribution in [-0.2, 0) is 23.1 Å². The van der Waals surface area contributed by atoms with Crippen LogP contribution < -0.4 is 4.72 Å². The zero-order valence-electron chi connectivity index (χ0n) is 11.1. The first-order chi connectivity index (χ1) is 9.56. The van der Waals surface area contributed by atoms with Crippen molar-refractivity contribution in [3.05, 3.63) is 53.7 Å². The molecule has 0 bridgehead atoms. The minimum Gasteiger partial charge on any atom is -0.392 e. The van der Waals surface area contributed by atoms with Gasteiger partial charge >= 0.3 is 0 Å². The van der Waals surface area contributed by atoms with Gasteiger partial charge < -0.3 is 5.11 Å². The van der Waals surface area contributed by atoms with Gasteiger partial charge in [0, 0.05) is 11.8 Å². The van der Waals surface area contributed by atoms with E-state index >= 15 is 0 Å². The van der Waals surface area contributed by atoms with Gasteiger partial charge in [-0.3, -0.25) is 4.72 Å². The van der Waals surface area contributed by atoms with Crippen LogP contribution in [0.3, 0.4) is 0 Å². The third kappa shape index (κ3) is 3.15. The minimum atomic E-state index is -3.69. The van der Waals surface area contributed by atoms with E-state index in [0.29, 0.717) is 5.56 Å². The molecule has 1 heterocycles. The normalized spacial score (nSPS) is 11.3. The summed E-state index contributed by atoms with van der Waals surface area (Å²) in [6.07, 6.45) is 2.32. The monoisotopic (exact) mass is 292 g/mol. The van der Waals surface area contributed by atoms with E-state index in [1.54, 1.807) is 36.4 Å². The lowest BCUT2D eigenvalue weighted by Gasteiger charge is -2.10. The molecule has 0 unspecified atom stereocenters. The maximum Gasteiger partial charge on any atom is 0.263 e. The Hall–Kier alpha value is -1.92. The zero-order valence-corrected chi connectivity index (χ0v) is 11.9. The van der Waals surface area contributed by atoms with Gasteiger partial charge in [-0.15, -0.1) is 0 Å². The molecule has 0 fully saturated rings. The molecule has 2 rings (SSSR count). The lowest BCUT2D eigenvalue weighted by molar-refractivity contribution is 0.282. The minimum absolute atomic E-state index is 0.148. The lowest BCUT2D eigenvalue weighted by Crippen LogP contribution is -2.15. The summed E-state index contributed by atoms with van der Waals surface area (Å²) in [7, 11) is -3.69. The third-order valence-electron chi connectivity index (χ3n) is 2.93. The number of aromatic nitrogens is 1. The van der Waals surface area contributed by atoms with Crippen molar-refractivity contribution >= 4 is 15.8 Å². The summed E-state index contributed by atoms with van der Waals surface area (Å²) in [6, 6.07) is 9.93. The number of aliphatic hydroxyl groups is 1. The predicted molar refractivity (Wildman–Crippen MR) is 76.8 cm³/mol. The number of pyridine rings is 1. The number of nitrogens with zero attached hydrogens (tertiary/aromatic N) is 1. The molecule has 0 radical (unpaired) electrons. The molecule has 1 aromatic carbocycles. The summed E-state index contributed by atoms with van der Waals surface area (Å²) >= 11 is 0. The van der Waals surface area contributed by atoms with Crippen molar-refractivity contribution in [2.45, 2.75) is 24.8 Å². The summed E-state index contributed by atoms with van der Waals surface area (Å²) < 4.78 is 26.9. The Kier molecular flexibility index (Phi) is 4.36. The fourth-order valence-electron chi connectivity index (χ4n) is 1.75. The van der Waals surface area contributed by atoms with Gasteiger partial charge in [0.05, 0.1) is 11.5 Å². The van der Waals surface area contributed by atoms with Gasteiger partial charge in [-0.05, 0) is 30.2 Å². The third-order valence-corrected chi connectivity index (χ3v) is 4.29. The molecule has 20 heavy (non-hydrogen) atoms. The van der Waals surface area contributed by atoms with Crippen molar-refractivity contribution < 1.29 is 13.5 Å². The summed E-state index contributed by atoms with van der Waals surface area (Å²) in [5, 5.41) is 9.18. The second-order valence-corrected chi connectivity index (χ2v) is 5.95. The Labute approximate surface area is 118 Å². The average molecular weight is 292 g/mol. The molecule has 2 N–H and O–H groups in total. The Morgan fingerprint density at radius 2 is 1.90 bits per heavy atom. The Morgan fingerprint density at radius 3 is 2.50 bits per heavy atom. The van der Waals surface area contributed by atoms with Gasteiger partial charge in [-0.1, -0.05) is 25.1 Å². The molecule has 5 nitrogen and oxygen atoms in total. The second-order valence-electron chi connectivity index (χ2n) is 4.27. The summed E-state index contributed by atoms with van der Waals surface area (Å²) in [5.41, 5.74) is 1.50. The van der Waals surface area contributed by atoms with Crippen LogP contribution in [0.2, 0.25) is 0 Å². The summed E-state index contributed by atoms with van der Waals surface area (Å²) in [5.74, 6) is 0.148. The molecule has 0 aliphatic carbocycles. The fourth-order valence-corrected chi connectivity index (χ4v) is 2.80. The molecule has 0 amide bonds. The number of hydrogen-bond acceptors (Lipinski definition) is 4. The number of anilines is 1. The van der Waals surface area contributed by atoms with Crippen molar-refractivity contribution in [2.75, 3.05) is 4.72 Å². The van der Waals surface area contributed by atoms with Crippen LogP contribution in [-0.4, -0.2) is 18.5 Å². The number of nitrogens with one attached hydrogen (secondary N) is 1. The molecule has 106 valence electrons. The maximum absolute atomic E-state index is 12.2. The number of rotatable bonds is 5. The van der Waals surface area contributed by atoms with Crippen LogP contribution in [0.25, 0.3) is 0 Å². The quantitative estimate of drug-likeness (QED) is 0.882. The van der Waals surface area contributed by atoms with E-state index in [9.17, 15) is 13.5 Å². The van der Waals surface area contributed by atoms with Crippen LogP contribution >= 0.6 is 0 Å². The average Bonchev–Trinajstić information content (AvgIpc) is 2.47. The molecule has 0 aliphatic heterocycles. The van der Waals surface area contributed by atoms with Gasteiger partial charge in [0.1, 0.15) is 5.82 Å². The maximum atomic E-state index is 12.2. The number of aliphatic hydroxyl groups excluding tert-OH is 1. The first-order valence-corrected chi connectivity index (χ1v) is 7.71. The van der Waals surface area contributed by atoms with Gasteiger partial charge in [0.15, 0.2) is 0 Å². The van der Waals surface area contributed by atoms with Crippen molar-refractivity contribution in [2.24, 2.45) is 0 Å². The topological polar surface area (TPSA) is 79.3 Å². The number of aryl methyl sites for hydroxylation is 1. The van der Waals surface area contributed by atoms with Crippen molar-refractivity contribution in [1.29, 1.82) is 0 Å². The molecular weight excluding hydrogens is 276 g/mol. The molecule has 1 aromatic heterocycles. The first-order valence-electron chi connectivity index (χ1n) is 6.23. The standard InChI is InChI=1S/C14H16N2O3S/c1-2-11-5-7-13(8-6-11)20(18,19)16-14-12(10-17)4-3-9-15-14/h3-9,17H,2,10H2,1H3,(H,15,16). The molecule has 6 heteroatoms. The smallest absolute Gasteiger partial charge is 0.263 e. The van der Waals surface area contributed by atoms with Crippen molar-refractivity contribution in [3.63, 3.8) is 0 Å². The molecule has 0 atom stereocenters. The number of hydrogen-bond donors (Lipinski definition) is 2. The largest absolute Gasteiger partial charge is 0.392 e. The van der Waals surface area contributed by atoms with Gasteiger partial charge in [0.2, 0.25) is 0 Å². The van der Waals surface area contributed by atoms with E-state index in [4.69, 9.17) is 0 Å². The van der Waals surface area contributed by atoms with E-state index in [-0.39, 0.29) is 17.3 Å². The SMILES string of the molecule is CCc1ccc(S(=O)(=O)Nc2ncccc2CO)cc1. The Morgan fingerprint density at radius 1 is 1.20 bits per heavy atom. The Balaban J connectivity index is 2.30. The van der Waals surface area contributed by atoms with E-state index in [1.165, 1.54) is 6.20 Å². The van der Waals surface area contributed by atoms with E-state index in [0.717, 1.165) is 12.0 Å². The Bertz CT molecular complexity index is 682. The molecule has 0 spiro atoms. The highest BCUT2D eigenvalue weighted by atomic mass is 32.2. The highest BCUT2D eigenvalue weighted by Crippen LogP contribution is 2.18. The highest BCUT2D eigenvalue weighted by Gasteiger charge is 2.16. The number of sulfonamides is 1.